The molecule has 1 fully saturated rings. The first-order chi connectivity index (χ1) is 13.5. The lowest BCUT2D eigenvalue weighted by atomic mass is 10.2. The number of halogens is 3. The molecule has 3 aromatic rings. The predicted octanol–water partition coefficient (Wildman–Crippen LogP) is 4.68. The number of rotatable bonds is 5. The number of likely N-dealkylation sites (tertiary alicyclic amines) is 1. The van der Waals surface area contributed by atoms with Gasteiger partial charge in [-0.3, -0.25) is 0 Å². The van der Waals surface area contributed by atoms with Gasteiger partial charge in [-0.1, -0.05) is 11.6 Å². The van der Waals surface area contributed by atoms with Gasteiger partial charge in [-0.05, 0) is 37.7 Å². The second-order valence-corrected chi connectivity index (χ2v) is 7.22. The Morgan fingerprint density at radius 3 is 2.72 bits per heavy atom. The Morgan fingerprint density at radius 2 is 2.03 bits per heavy atom. The molecule has 0 radical (unpaired) electrons. The first-order valence-corrected chi connectivity index (χ1v) is 9.31. The van der Waals surface area contributed by atoms with Crippen LogP contribution in [0.25, 0.3) is 10.9 Å². The van der Waals surface area contributed by atoms with Crippen LogP contribution in [0.3, 0.4) is 0 Å². The fraction of sp³-hybridized carbons (Fsp3) is 0.300. The van der Waals surface area contributed by atoms with E-state index in [1.165, 1.54) is 12.4 Å². The van der Waals surface area contributed by atoms with E-state index < -0.39 is 5.82 Å². The van der Waals surface area contributed by atoms with Crippen molar-refractivity contribution in [2.75, 3.05) is 32.6 Å². The quantitative estimate of drug-likeness (QED) is 0.623. The van der Waals surface area contributed by atoms with Gasteiger partial charge < -0.3 is 19.7 Å². The number of fused-ring (bicyclic) bond motifs is 1. The van der Waals surface area contributed by atoms with Crippen molar-refractivity contribution in [1.29, 1.82) is 0 Å². The third-order valence-electron chi connectivity index (χ3n) is 4.75. The molecule has 1 saturated heterocycles. The maximum atomic E-state index is 14.2. The second kappa shape index (κ2) is 8.98. The van der Waals surface area contributed by atoms with Crippen molar-refractivity contribution in [1.82, 2.24) is 14.9 Å². The average molecular weight is 439 g/mol. The van der Waals surface area contributed by atoms with Crippen LogP contribution in [-0.2, 0) is 0 Å². The number of aromatic nitrogens is 2. The van der Waals surface area contributed by atoms with Gasteiger partial charge in [0.25, 0.3) is 0 Å². The molecular formula is C20H21Cl2FN4O2. The van der Waals surface area contributed by atoms with E-state index >= 15 is 0 Å². The summed E-state index contributed by atoms with van der Waals surface area (Å²) in [5.74, 6) is 1.22. The minimum absolute atomic E-state index is 0. The number of benzene rings is 2. The topological polar surface area (TPSA) is 59.5 Å². The van der Waals surface area contributed by atoms with Crippen molar-refractivity contribution < 1.29 is 13.9 Å². The molecule has 154 valence electrons. The van der Waals surface area contributed by atoms with Crippen molar-refractivity contribution in [2.45, 2.75) is 12.5 Å². The lowest BCUT2D eigenvalue weighted by Crippen LogP contribution is -2.21. The summed E-state index contributed by atoms with van der Waals surface area (Å²) in [5, 5.41) is 4.03. The van der Waals surface area contributed by atoms with E-state index in [1.54, 1.807) is 25.3 Å². The van der Waals surface area contributed by atoms with E-state index in [0.717, 1.165) is 19.5 Å². The fourth-order valence-electron chi connectivity index (χ4n) is 3.30. The molecule has 0 amide bonds. The van der Waals surface area contributed by atoms with E-state index in [9.17, 15) is 4.39 Å². The monoisotopic (exact) mass is 438 g/mol. The van der Waals surface area contributed by atoms with Gasteiger partial charge >= 0.3 is 0 Å². The number of methoxy groups -OCH3 is 1. The van der Waals surface area contributed by atoms with Crippen molar-refractivity contribution in [3.05, 3.63) is 47.5 Å². The number of nitrogens with one attached hydrogen (secondary N) is 1. The molecule has 29 heavy (non-hydrogen) atoms. The van der Waals surface area contributed by atoms with Crippen molar-refractivity contribution >= 4 is 46.4 Å². The van der Waals surface area contributed by atoms with E-state index in [4.69, 9.17) is 21.1 Å². The molecule has 0 aliphatic carbocycles. The van der Waals surface area contributed by atoms with Gasteiger partial charge in [0.2, 0.25) is 0 Å². The molecule has 6 nitrogen and oxygen atoms in total. The molecule has 1 N–H and O–H groups in total. The highest BCUT2D eigenvalue weighted by atomic mass is 35.5. The van der Waals surface area contributed by atoms with Crippen LogP contribution in [-0.4, -0.2) is 48.2 Å². The van der Waals surface area contributed by atoms with E-state index in [0.29, 0.717) is 33.2 Å². The Morgan fingerprint density at radius 1 is 1.21 bits per heavy atom. The van der Waals surface area contributed by atoms with Crippen LogP contribution in [0.1, 0.15) is 6.42 Å². The molecule has 9 heteroatoms. The smallest absolute Gasteiger partial charge is 0.163 e. The summed E-state index contributed by atoms with van der Waals surface area (Å²) in [7, 11) is 3.66. The zero-order valence-electron chi connectivity index (χ0n) is 16.0. The highest BCUT2D eigenvalue weighted by Gasteiger charge is 2.23. The van der Waals surface area contributed by atoms with Gasteiger partial charge in [-0.2, -0.15) is 0 Å². The molecule has 0 spiro atoms. The van der Waals surface area contributed by atoms with Crippen LogP contribution >= 0.6 is 24.0 Å². The summed E-state index contributed by atoms with van der Waals surface area (Å²) in [6.45, 7) is 1.87. The Labute approximate surface area is 179 Å². The third kappa shape index (κ3) is 4.63. The van der Waals surface area contributed by atoms with Gasteiger partial charge in [0.1, 0.15) is 24.1 Å². The first kappa shape index (κ1) is 21.4. The van der Waals surface area contributed by atoms with Crippen molar-refractivity contribution in [3.63, 3.8) is 0 Å². The molecule has 1 aliphatic rings. The number of hydrogen-bond donors (Lipinski definition) is 1. The molecule has 1 aliphatic heterocycles. The Hall–Kier alpha value is -2.35. The Balaban J connectivity index is 0.00000240. The molecule has 2 heterocycles. The van der Waals surface area contributed by atoms with Gasteiger partial charge in [-0.15, -0.1) is 12.4 Å². The Kier molecular flexibility index (Phi) is 6.62. The van der Waals surface area contributed by atoms with E-state index in [1.807, 2.05) is 6.07 Å². The summed E-state index contributed by atoms with van der Waals surface area (Å²) >= 11 is 5.82. The van der Waals surface area contributed by atoms with Crippen LogP contribution in [0, 0.1) is 5.82 Å². The highest BCUT2D eigenvalue weighted by molar-refractivity contribution is 6.30. The summed E-state index contributed by atoms with van der Waals surface area (Å²) in [5.41, 5.74) is 0.951. The number of likely N-dealkylation sites (N-methyl/N-ethyl adjacent to an activating group) is 1. The van der Waals surface area contributed by atoms with Gasteiger partial charge in [0.15, 0.2) is 11.5 Å². The van der Waals surface area contributed by atoms with Crippen LogP contribution in [0.15, 0.2) is 36.7 Å². The first-order valence-electron chi connectivity index (χ1n) is 8.93. The zero-order valence-corrected chi connectivity index (χ0v) is 17.6. The third-order valence-corrected chi connectivity index (χ3v) is 4.98. The van der Waals surface area contributed by atoms with Crippen LogP contribution < -0.4 is 14.8 Å². The lowest BCUT2D eigenvalue weighted by Gasteiger charge is -2.17. The number of hydrogen-bond acceptors (Lipinski definition) is 6. The van der Waals surface area contributed by atoms with Gasteiger partial charge in [0.05, 0.1) is 18.3 Å². The predicted molar refractivity (Wildman–Crippen MR) is 115 cm³/mol. The molecule has 0 bridgehead atoms. The minimum Gasteiger partial charge on any atom is -0.493 e. The summed E-state index contributed by atoms with van der Waals surface area (Å²) in [6.07, 6.45) is 2.50. The SMILES string of the molecule is COc1cc2c(Nc3ccc(Cl)cc3F)ncnc2cc1OC1CCN(C)C1.Cl. The molecule has 2 aromatic carbocycles. The Bertz CT molecular complexity index is 1020. The minimum atomic E-state index is -0.462. The van der Waals surface area contributed by atoms with Crippen molar-refractivity contribution in [3.8, 4) is 11.5 Å². The maximum absolute atomic E-state index is 14.2. The van der Waals surface area contributed by atoms with E-state index in [2.05, 4.69) is 27.2 Å². The highest BCUT2D eigenvalue weighted by Crippen LogP contribution is 2.36. The molecule has 0 saturated carbocycles. The summed E-state index contributed by atoms with van der Waals surface area (Å²) in [4.78, 5) is 10.8. The second-order valence-electron chi connectivity index (χ2n) is 6.78. The van der Waals surface area contributed by atoms with Gasteiger partial charge in [-0.25, -0.2) is 14.4 Å². The number of nitrogens with zero attached hydrogens (tertiary/aromatic N) is 3. The van der Waals surface area contributed by atoms with Crippen LogP contribution in [0.4, 0.5) is 15.9 Å². The standard InChI is InChI=1S/C20H20ClFN4O2.ClH/c1-26-6-5-13(10-26)28-19-9-17-14(8-18(19)27-2)20(24-11-23-17)25-16-4-3-12(21)7-15(16)22;/h3-4,7-9,11,13H,5-6,10H2,1-2H3,(H,23,24,25);1H. The van der Waals surface area contributed by atoms with E-state index in [-0.39, 0.29) is 24.2 Å². The molecule has 4 rings (SSSR count). The van der Waals surface area contributed by atoms with Crippen LogP contribution in [0.2, 0.25) is 5.02 Å². The van der Waals surface area contributed by atoms with Gasteiger partial charge in [0, 0.05) is 29.6 Å². The number of ether oxygens (including phenoxy) is 2. The normalized spacial score (nSPS) is 16.5. The number of anilines is 2. The van der Waals surface area contributed by atoms with Crippen LogP contribution in [0.5, 0.6) is 11.5 Å². The zero-order chi connectivity index (χ0) is 19.7. The molecule has 1 aromatic heterocycles. The maximum Gasteiger partial charge on any atom is 0.163 e. The largest absolute Gasteiger partial charge is 0.493 e. The molecular weight excluding hydrogens is 418 g/mol. The van der Waals surface area contributed by atoms with Crippen molar-refractivity contribution in [2.24, 2.45) is 0 Å². The summed E-state index contributed by atoms with van der Waals surface area (Å²) < 4.78 is 25.8. The molecule has 1 unspecified atom stereocenters. The fourth-order valence-corrected chi connectivity index (χ4v) is 3.46. The lowest BCUT2D eigenvalue weighted by molar-refractivity contribution is 0.200. The molecule has 1 atom stereocenters. The average Bonchev–Trinajstić information content (AvgIpc) is 3.08. The summed E-state index contributed by atoms with van der Waals surface area (Å²) in [6, 6.07) is 8.06.